The standard InChI is InChI=1S/C34H71O8P/c1-3-5-7-9-11-13-15-17-19-21-23-25-27-39-31-34(32-42-43(37,38)41-30-33(36)29-35)40-28-26-24-22-20-18-16-14-12-10-8-6-4-2/h33-36H,3-32H2,1-2H3,(H,37,38)/p-1/t33?,34-/m1/s1. The summed E-state index contributed by atoms with van der Waals surface area (Å²) in [4.78, 5) is 12.0. The lowest BCUT2D eigenvalue weighted by molar-refractivity contribution is -0.230. The molecule has 260 valence electrons. The first-order chi connectivity index (χ1) is 20.9. The Morgan fingerprint density at radius 1 is 0.558 bits per heavy atom. The van der Waals surface area contributed by atoms with Gasteiger partial charge in [0.05, 0.1) is 26.4 Å². The number of aliphatic hydroxyl groups is 2. The normalized spacial score (nSPS) is 14.6. The average molecular weight is 638 g/mol. The number of phosphoric ester groups is 1. The fraction of sp³-hybridized carbons (Fsp3) is 1.00. The lowest BCUT2D eigenvalue weighted by Gasteiger charge is -2.26. The van der Waals surface area contributed by atoms with Gasteiger partial charge in [-0.15, -0.1) is 0 Å². The Hall–Kier alpha value is -0.0500. The van der Waals surface area contributed by atoms with E-state index < -0.39 is 33.2 Å². The van der Waals surface area contributed by atoms with Gasteiger partial charge in [0.2, 0.25) is 0 Å². The van der Waals surface area contributed by atoms with E-state index in [0.29, 0.717) is 13.2 Å². The third-order valence-electron chi connectivity index (χ3n) is 7.85. The molecule has 2 unspecified atom stereocenters. The van der Waals surface area contributed by atoms with Crippen LogP contribution >= 0.6 is 7.82 Å². The van der Waals surface area contributed by atoms with Gasteiger partial charge in [-0.05, 0) is 12.8 Å². The number of rotatable bonds is 36. The van der Waals surface area contributed by atoms with Crippen LogP contribution in [0, 0.1) is 0 Å². The molecule has 2 N–H and O–H groups in total. The van der Waals surface area contributed by atoms with Gasteiger partial charge in [-0.3, -0.25) is 4.57 Å². The zero-order valence-corrected chi connectivity index (χ0v) is 29.1. The van der Waals surface area contributed by atoms with E-state index in [1.54, 1.807) is 0 Å². The highest BCUT2D eigenvalue weighted by Gasteiger charge is 2.17. The summed E-state index contributed by atoms with van der Waals surface area (Å²) in [5, 5.41) is 18.2. The SMILES string of the molecule is CCCCCCCCCCCCCCOC[C@H](COP(=O)([O-])OCC(O)CO)OCCCCCCCCCCCCCC. The molecule has 8 nitrogen and oxygen atoms in total. The molecule has 0 aliphatic heterocycles. The summed E-state index contributed by atoms with van der Waals surface area (Å²) in [7, 11) is -4.62. The number of hydrogen-bond donors (Lipinski definition) is 2. The van der Waals surface area contributed by atoms with Gasteiger partial charge >= 0.3 is 0 Å². The molecule has 0 aromatic carbocycles. The second kappa shape index (κ2) is 33.3. The predicted molar refractivity (Wildman–Crippen MR) is 175 cm³/mol. The molecule has 0 saturated carbocycles. The molecular formula is C34H70O8P-. The number of phosphoric acid groups is 1. The number of unbranched alkanes of at least 4 members (excludes halogenated alkanes) is 22. The van der Waals surface area contributed by atoms with Gasteiger partial charge in [-0.1, -0.05) is 155 Å². The molecule has 0 spiro atoms. The zero-order chi connectivity index (χ0) is 31.7. The largest absolute Gasteiger partial charge is 0.756 e. The molecule has 0 fully saturated rings. The van der Waals surface area contributed by atoms with E-state index in [2.05, 4.69) is 18.4 Å². The molecule has 0 bridgehead atoms. The summed E-state index contributed by atoms with van der Waals surface area (Å²) in [6.07, 6.45) is 28.8. The Morgan fingerprint density at radius 3 is 1.35 bits per heavy atom. The maximum absolute atomic E-state index is 12.0. The van der Waals surface area contributed by atoms with Crippen molar-refractivity contribution in [2.45, 2.75) is 180 Å². The lowest BCUT2D eigenvalue weighted by atomic mass is 10.1. The molecule has 0 aliphatic carbocycles. The molecule has 0 saturated heterocycles. The molecule has 0 aliphatic rings. The van der Waals surface area contributed by atoms with Gasteiger partial charge in [-0.25, -0.2) is 0 Å². The quantitative estimate of drug-likeness (QED) is 0.0518. The highest BCUT2D eigenvalue weighted by atomic mass is 31.2. The molecule has 43 heavy (non-hydrogen) atoms. The third-order valence-corrected chi connectivity index (χ3v) is 8.78. The van der Waals surface area contributed by atoms with E-state index >= 15 is 0 Å². The van der Waals surface area contributed by atoms with Gasteiger partial charge in [0.25, 0.3) is 7.82 Å². The fourth-order valence-electron chi connectivity index (χ4n) is 5.04. The number of ether oxygens (including phenoxy) is 2. The summed E-state index contributed by atoms with van der Waals surface area (Å²) >= 11 is 0. The minimum Gasteiger partial charge on any atom is -0.756 e. The molecule has 0 heterocycles. The topological polar surface area (TPSA) is 118 Å². The smallest absolute Gasteiger partial charge is 0.268 e. The van der Waals surface area contributed by atoms with Crippen LogP contribution in [0.15, 0.2) is 0 Å². The van der Waals surface area contributed by atoms with Crippen LogP contribution in [0.3, 0.4) is 0 Å². The van der Waals surface area contributed by atoms with Gasteiger partial charge in [0, 0.05) is 13.2 Å². The minimum absolute atomic E-state index is 0.202. The van der Waals surface area contributed by atoms with Crippen LogP contribution < -0.4 is 4.89 Å². The van der Waals surface area contributed by atoms with Crippen molar-refractivity contribution < 1.29 is 38.2 Å². The van der Waals surface area contributed by atoms with E-state index in [0.717, 1.165) is 25.7 Å². The first kappa shape index (κ1) is 43.0. The van der Waals surface area contributed by atoms with Crippen molar-refractivity contribution in [3.8, 4) is 0 Å². The second-order valence-corrected chi connectivity index (χ2v) is 13.6. The van der Waals surface area contributed by atoms with Crippen molar-refractivity contribution in [2.24, 2.45) is 0 Å². The highest BCUT2D eigenvalue weighted by Crippen LogP contribution is 2.38. The van der Waals surface area contributed by atoms with Crippen molar-refractivity contribution in [3.05, 3.63) is 0 Å². The summed E-state index contributed by atoms with van der Waals surface area (Å²) in [5.74, 6) is 0. The lowest BCUT2D eigenvalue weighted by Crippen LogP contribution is -2.28. The predicted octanol–water partition coefficient (Wildman–Crippen LogP) is 8.65. The fourth-order valence-corrected chi connectivity index (χ4v) is 5.82. The highest BCUT2D eigenvalue weighted by molar-refractivity contribution is 7.45. The van der Waals surface area contributed by atoms with Crippen LogP contribution in [0.5, 0.6) is 0 Å². The second-order valence-electron chi connectivity index (χ2n) is 12.2. The van der Waals surface area contributed by atoms with E-state index in [1.807, 2.05) is 0 Å². The van der Waals surface area contributed by atoms with E-state index in [4.69, 9.17) is 19.1 Å². The molecule has 9 heteroatoms. The summed E-state index contributed by atoms with van der Waals surface area (Å²) in [6.45, 7) is 4.58. The molecule has 0 radical (unpaired) electrons. The molecule has 0 rings (SSSR count). The Morgan fingerprint density at radius 2 is 0.930 bits per heavy atom. The van der Waals surface area contributed by atoms with Crippen molar-refractivity contribution >= 4 is 7.82 Å². The first-order valence-corrected chi connectivity index (χ1v) is 19.5. The average Bonchev–Trinajstić information content (AvgIpc) is 3.00. The van der Waals surface area contributed by atoms with Crippen LogP contribution in [0.4, 0.5) is 0 Å². The van der Waals surface area contributed by atoms with Crippen molar-refractivity contribution in [3.63, 3.8) is 0 Å². The van der Waals surface area contributed by atoms with Crippen molar-refractivity contribution in [2.75, 3.05) is 39.6 Å². The van der Waals surface area contributed by atoms with Gasteiger partial charge in [0.1, 0.15) is 12.2 Å². The number of hydrogen-bond acceptors (Lipinski definition) is 8. The van der Waals surface area contributed by atoms with Crippen LogP contribution in [0.2, 0.25) is 0 Å². The summed E-state index contributed by atoms with van der Waals surface area (Å²) in [5.41, 5.74) is 0. The molecule has 0 amide bonds. The molecule has 0 aromatic rings. The van der Waals surface area contributed by atoms with Crippen LogP contribution in [-0.4, -0.2) is 62.1 Å². The molecular weight excluding hydrogens is 567 g/mol. The van der Waals surface area contributed by atoms with Gasteiger partial charge in [0.15, 0.2) is 0 Å². The van der Waals surface area contributed by atoms with Crippen LogP contribution in [0.25, 0.3) is 0 Å². The Bertz CT molecular complexity index is 595. The Labute approximate surface area is 265 Å². The van der Waals surface area contributed by atoms with E-state index in [1.165, 1.54) is 128 Å². The monoisotopic (exact) mass is 637 g/mol. The Balaban J connectivity index is 4.08. The Kier molecular flexibility index (Phi) is 33.3. The van der Waals surface area contributed by atoms with Crippen LogP contribution in [-0.2, 0) is 23.1 Å². The van der Waals surface area contributed by atoms with Crippen LogP contribution in [0.1, 0.15) is 168 Å². The zero-order valence-electron chi connectivity index (χ0n) is 28.2. The summed E-state index contributed by atoms with van der Waals surface area (Å²) < 4.78 is 33.4. The van der Waals surface area contributed by atoms with Crippen molar-refractivity contribution in [1.29, 1.82) is 0 Å². The minimum atomic E-state index is -4.62. The molecule has 0 aromatic heterocycles. The van der Waals surface area contributed by atoms with E-state index in [-0.39, 0.29) is 13.2 Å². The number of aliphatic hydroxyl groups excluding tert-OH is 2. The maximum Gasteiger partial charge on any atom is 0.268 e. The summed E-state index contributed by atoms with van der Waals surface area (Å²) in [6, 6.07) is 0. The first-order valence-electron chi connectivity index (χ1n) is 18.0. The third kappa shape index (κ3) is 33.1. The van der Waals surface area contributed by atoms with Crippen molar-refractivity contribution in [1.82, 2.24) is 0 Å². The maximum atomic E-state index is 12.0. The van der Waals surface area contributed by atoms with Gasteiger partial charge in [-0.2, -0.15) is 0 Å². The molecule has 3 atom stereocenters. The van der Waals surface area contributed by atoms with E-state index in [9.17, 15) is 14.6 Å². The van der Waals surface area contributed by atoms with Gasteiger partial charge < -0.3 is 33.6 Å².